The molecule has 0 bridgehead atoms. The average molecular weight is 320 g/mol. The third-order valence-electron chi connectivity index (χ3n) is 3.29. The van der Waals surface area contributed by atoms with Crippen LogP contribution in [0.4, 0.5) is 11.4 Å². The predicted octanol–water partition coefficient (Wildman–Crippen LogP) is 3.04. The summed E-state index contributed by atoms with van der Waals surface area (Å²) in [6.07, 6.45) is 1.77. The highest BCUT2D eigenvalue weighted by atomic mass is 32.1. The van der Waals surface area contributed by atoms with Gasteiger partial charge in [0.2, 0.25) is 0 Å². The summed E-state index contributed by atoms with van der Waals surface area (Å²) in [4.78, 5) is 0. The lowest BCUT2D eigenvalue weighted by Gasteiger charge is -2.13. The molecule has 0 aliphatic heterocycles. The van der Waals surface area contributed by atoms with Gasteiger partial charge < -0.3 is 20.1 Å². The molecular weight excluding hydrogens is 300 g/mol. The average Bonchev–Trinajstić information content (AvgIpc) is 2.87. The monoisotopic (exact) mass is 320 g/mol. The first-order chi connectivity index (χ1) is 10.6. The van der Waals surface area contributed by atoms with Gasteiger partial charge >= 0.3 is 0 Å². The molecule has 0 spiro atoms. The van der Waals surface area contributed by atoms with E-state index in [0.717, 1.165) is 23.6 Å². The summed E-state index contributed by atoms with van der Waals surface area (Å²) in [6, 6.07) is 5.52. The molecule has 0 atom stereocenters. The van der Waals surface area contributed by atoms with Gasteiger partial charge in [0.05, 0.1) is 31.8 Å². The van der Waals surface area contributed by atoms with E-state index in [9.17, 15) is 0 Å². The van der Waals surface area contributed by atoms with Crippen LogP contribution >= 0.6 is 12.2 Å². The van der Waals surface area contributed by atoms with Crippen molar-refractivity contribution in [1.29, 1.82) is 0 Å². The van der Waals surface area contributed by atoms with Gasteiger partial charge in [-0.25, -0.2) is 0 Å². The van der Waals surface area contributed by atoms with Crippen molar-refractivity contribution in [2.75, 3.05) is 24.9 Å². The largest absolute Gasteiger partial charge is 0.493 e. The topological polar surface area (TPSA) is 60.3 Å². The number of nitrogens with zero attached hydrogens (tertiary/aromatic N) is 2. The molecule has 6 nitrogen and oxygen atoms in total. The zero-order valence-electron chi connectivity index (χ0n) is 13.1. The molecule has 1 aromatic carbocycles. The summed E-state index contributed by atoms with van der Waals surface area (Å²) < 4.78 is 12.4. The molecule has 118 valence electrons. The number of nitrogens with one attached hydrogen (secondary N) is 2. The van der Waals surface area contributed by atoms with Gasteiger partial charge in [-0.2, -0.15) is 5.10 Å². The number of thiocarbonyl (C=S) groups is 1. The quantitative estimate of drug-likeness (QED) is 0.826. The summed E-state index contributed by atoms with van der Waals surface area (Å²) in [6.45, 7) is 4.87. The van der Waals surface area contributed by atoms with Crippen LogP contribution < -0.4 is 20.1 Å². The van der Waals surface area contributed by atoms with Crippen LogP contribution in [-0.2, 0) is 6.54 Å². The number of rotatable bonds is 5. The van der Waals surface area contributed by atoms with Gasteiger partial charge in [-0.15, -0.1) is 0 Å². The van der Waals surface area contributed by atoms with Gasteiger partial charge in [0.25, 0.3) is 0 Å². The fourth-order valence-corrected chi connectivity index (χ4v) is 2.31. The first kappa shape index (κ1) is 16.1. The Labute approximate surface area is 135 Å². The summed E-state index contributed by atoms with van der Waals surface area (Å²) in [7, 11) is 3.20. The molecule has 22 heavy (non-hydrogen) atoms. The van der Waals surface area contributed by atoms with E-state index in [-0.39, 0.29) is 0 Å². The number of benzene rings is 1. The molecule has 0 saturated carbocycles. The predicted molar refractivity (Wildman–Crippen MR) is 92.0 cm³/mol. The van der Waals surface area contributed by atoms with Crippen LogP contribution in [0.3, 0.4) is 0 Å². The second-order valence-corrected chi connectivity index (χ2v) is 5.02. The summed E-state index contributed by atoms with van der Waals surface area (Å²) in [5.41, 5.74) is 2.74. The molecule has 1 heterocycles. The third kappa shape index (κ3) is 3.48. The van der Waals surface area contributed by atoms with Gasteiger partial charge in [0, 0.05) is 18.3 Å². The minimum Gasteiger partial charge on any atom is -0.493 e. The second kappa shape index (κ2) is 7.13. The molecular formula is C15H20N4O2S. The lowest BCUT2D eigenvalue weighted by atomic mass is 10.3. The molecule has 0 aliphatic carbocycles. The lowest BCUT2D eigenvalue weighted by Crippen LogP contribution is -2.19. The Bertz CT molecular complexity index is 670. The summed E-state index contributed by atoms with van der Waals surface area (Å²) in [5.74, 6) is 1.32. The maximum absolute atomic E-state index is 5.33. The van der Waals surface area contributed by atoms with Crippen molar-refractivity contribution in [1.82, 2.24) is 9.78 Å². The number of aryl methyl sites for hydroxylation is 1. The van der Waals surface area contributed by atoms with Crippen molar-refractivity contribution in [3.8, 4) is 11.5 Å². The third-order valence-corrected chi connectivity index (χ3v) is 3.50. The van der Waals surface area contributed by atoms with E-state index >= 15 is 0 Å². The first-order valence-corrected chi connectivity index (χ1v) is 7.32. The smallest absolute Gasteiger partial charge is 0.175 e. The van der Waals surface area contributed by atoms with Crippen molar-refractivity contribution in [2.45, 2.75) is 20.4 Å². The van der Waals surface area contributed by atoms with Crippen LogP contribution in [-0.4, -0.2) is 29.1 Å². The van der Waals surface area contributed by atoms with Crippen molar-refractivity contribution >= 4 is 28.7 Å². The van der Waals surface area contributed by atoms with Crippen LogP contribution in [0.25, 0.3) is 0 Å². The normalized spacial score (nSPS) is 10.2. The molecule has 0 fully saturated rings. The second-order valence-electron chi connectivity index (χ2n) is 4.61. The Hall–Kier alpha value is -2.28. The minimum absolute atomic E-state index is 0.492. The highest BCUT2D eigenvalue weighted by Crippen LogP contribution is 2.29. The number of hydrogen-bond donors (Lipinski definition) is 2. The maximum Gasteiger partial charge on any atom is 0.175 e. The fourth-order valence-electron chi connectivity index (χ4n) is 2.09. The standard InChI is InChI=1S/C15H20N4O2S/c1-5-19-10(2)12(9-16-19)18-15(22)17-11-6-7-13(20-3)14(8-11)21-4/h6-9H,5H2,1-4H3,(H2,17,18,22). The molecule has 2 rings (SSSR count). The Morgan fingerprint density at radius 3 is 2.55 bits per heavy atom. The zero-order chi connectivity index (χ0) is 16.1. The van der Waals surface area contributed by atoms with Crippen molar-refractivity contribution in [2.24, 2.45) is 0 Å². The minimum atomic E-state index is 0.492. The van der Waals surface area contributed by atoms with Crippen LogP contribution in [0.15, 0.2) is 24.4 Å². The van der Waals surface area contributed by atoms with Crippen molar-refractivity contribution in [3.63, 3.8) is 0 Å². The molecule has 0 aliphatic rings. The van der Waals surface area contributed by atoms with E-state index in [0.29, 0.717) is 16.6 Å². The highest BCUT2D eigenvalue weighted by Gasteiger charge is 2.08. The van der Waals surface area contributed by atoms with Crippen LogP contribution in [0, 0.1) is 6.92 Å². The lowest BCUT2D eigenvalue weighted by molar-refractivity contribution is 0.355. The van der Waals surface area contributed by atoms with Gasteiger partial charge in [0.15, 0.2) is 16.6 Å². The van der Waals surface area contributed by atoms with Crippen LogP contribution in [0.2, 0.25) is 0 Å². The van der Waals surface area contributed by atoms with E-state index in [2.05, 4.69) is 15.7 Å². The van der Waals surface area contributed by atoms with Crippen molar-refractivity contribution in [3.05, 3.63) is 30.1 Å². The van der Waals surface area contributed by atoms with Crippen molar-refractivity contribution < 1.29 is 9.47 Å². The van der Waals surface area contributed by atoms with E-state index in [1.54, 1.807) is 20.4 Å². The van der Waals surface area contributed by atoms with E-state index in [4.69, 9.17) is 21.7 Å². The fraction of sp³-hybridized carbons (Fsp3) is 0.333. The van der Waals surface area contributed by atoms with Crippen LogP contribution in [0.1, 0.15) is 12.6 Å². The molecule has 0 radical (unpaired) electrons. The Morgan fingerprint density at radius 2 is 1.95 bits per heavy atom. The number of ether oxygens (including phenoxy) is 2. The van der Waals surface area contributed by atoms with Gasteiger partial charge in [-0.3, -0.25) is 4.68 Å². The maximum atomic E-state index is 5.33. The zero-order valence-corrected chi connectivity index (χ0v) is 14.0. The van der Waals surface area contributed by atoms with Gasteiger partial charge in [-0.05, 0) is 38.2 Å². The number of methoxy groups -OCH3 is 2. The molecule has 2 aromatic rings. The number of hydrogen-bond acceptors (Lipinski definition) is 4. The first-order valence-electron chi connectivity index (χ1n) is 6.91. The molecule has 0 saturated heterocycles. The molecule has 0 amide bonds. The molecule has 7 heteroatoms. The number of anilines is 2. The Morgan fingerprint density at radius 1 is 1.23 bits per heavy atom. The summed E-state index contributed by atoms with van der Waals surface area (Å²) >= 11 is 5.33. The Balaban J connectivity index is 2.07. The molecule has 2 N–H and O–H groups in total. The van der Waals surface area contributed by atoms with Gasteiger partial charge in [-0.1, -0.05) is 0 Å². The Kier molecular flexibility index (Phi) is 5.21. The summed E-state index contributed by atoms with van der Waals surface area (Å²) in [5, 5.41) is 11.0. The van der Waals surface area contributed by atoms with Crippen LogP contribution in [0.5, 0.6) is 11.5 Å². The van der Waals surface area contributed by atoms with Gasteiger partial charge in [0.1, 0.15) is 0 Å². The molecule has 0 unspecified atom stereocenters. The molecule has 1 aromatic heterocycles. The van der Waals surface area contributed by atoms with E-state index < -0.39 is 0 Å². The SMILES string of the molecule is CCn1ncc(NC(=S)Nc2ccc(OC)c(OC)c2)c1C. The highest BCUT2D eigenvalue weighted by molar-refractivity contribution is 7.80. The van der Waals surface area contributed by atoms with E-state index in [1.807, 2.05) is 36.7 Å². The van der Waals surface area contributed by atoms with E-state index in [1.165, 1.54) is 0 Å². The number of aromatic nitrogens is 2.